The molecule has 0 radical (unpaired) electrons. The number of nitrogens with zero attached hydrogens (tertiary/aromatic N) is 4. The first-order chi connectivity index (χ1) is 31.4. The molecule has 0 atom stereocenters. The highest BCUT2D eigenvalue weighted by Crippen LogP contribution is 2.41. The number of hydrogen-bond donors (Lipinski definition) is 0. The van der Waals surface area contributed by atoms with Gasteiger partial charge >= 0.3 is 0 Å². The van der Waals surface area contributed by atoms with Crippen LogP contribution in [0.15, 0.2) is 116 Å². The number of aryl methyl sites for hydroxylation is 2. The molecule has 0 bridgehead atoms. The molecule has 1 aliphatic heterocycles. The smallest absolute Gasteiger partial charge is 0.138 e. The number of benzene rings is 5. The predicted molar refractivity (Wildman–Crippen MR) is 264 cm³/mol. The van der Waals surface area contributed by atoms with Crippen molar-refractivity contribution in [3.63, 3.8) is 0 Å². The van der Waals surface area contributed by atoms with Crippen LogP contribution in [0.4, 0.5) is 5.69 Å². The van der Waals surface area contributed by atoms with Crippen molar-refractivity contribution in [2.24, 2.45) is 0 Å². The minimum atomic E-state index is -2.39. The molecule has 0 fully saturated rings. The molecule has 0 saturated carbocycles. The van der Waals surface area contributed by atoms with E-state index in [1.165, 1.54) is 4.90 Å². The normalized spacial score (nSPS) is 15.9. The van der Waals surface area contributed by atoms with E-state index in [9.17, 15) is 0 Å². The lowest BCUT2D eigenvalue weighted by molar-refractivity contribution is 0.478. The topological polar surface area (TPSA) is 33.5 Å². The highest BCUT2D eigenvalue weighted by atomic mass is 16.5. The number of hydrogen-bond acceptors (Lipinski definition) is 4. The lowest BCUT2D eigenvalue weighted by Gasteiger charge is -2.27. The molecule has 0 amide bonds. The van der Waals surface area contributed by atoms with E-state index in [0.717, 1.165) is 66.4 Å². The van der Waals surface area contributed by atoms with Gasteiger partial charge in [-0.05, 0) is 140 Å². The quantitative estimate of drug-likeness (QED) is 0.167. The fraction of sp³-hybridized carbons (Fsp3) is 0.351. The van der Waals surface area contributed by atoms with E-state index in [0.29, 0.717) is 34.1 Å². The molecule has 3 heterocycles. The second-order valence-electron chi connectivity index (χ2n) is 21.3. The molecule has 5 heteroatoms. The maximum atomic E-state index is 8.70. The average molecular weight is 829 g/mol. The minimum absolute atomic E-state index is 0.135. The first kappa shape index (κ1) is 35.8. The van der Waals surface area contributed by atoms with E-state index < -0.39 is 13.8 Å². The van der Waals surface area contributed by atoms with E-state index in [4.69, 9.17) is 17.9 Å². The molecule has 0 saturated heterocycles. The molecular formula is C57H66N4O. The van der Waals surface area contributed by atoms with Gasteiger partial charge in [-0.1, -0.05) is 119 Å². The van der Waals surface area contributed by atoms with Crippen molar-refractivity contribution in [1.82, 2.24) is 14.5 Å². The molecule has 320 valence electrons. The number of fused-ring (bicyclic) bond motifs is 3. The third-order valence-electron chi connectivity index (χ3n) is 12.3. The Balaban J connectivity index is 1.23. The van der Waals surface area contributed by atoms with Crippen molar-refractivity contribution < 1.29 is 13.0 Å². The molecule has 8 rings (SSSR count). The molecule has 5 nitrogen and oxygen atoms in total. The van der Waals surface area contributed by atoms with Gasteiger partial charge in [0.2, 0.25) is 0 Å². The Labute approximate surface area is 379 Å². The number of para-hydroxylation sites is 1. The molecule has 7 aromatic rings. The maximum absolute atomic E-state index is 8.70. The summed E-state index contributed by atoms with van der Waals surface area (Å²) in [6.45, 7) is 23.3. The van der Waals surface area contributed by atoms with E-state index >= 15 is 0 Å². The summed E-state index contributed by atoms with van der Waals surface area (Å²) in [5, 5.41) is 2.06. The van der Waals surface area contributed by atoms with Crippen molar-refractivity contribution >= 4 is 33.2 Å². The van der Waals surface area contributed by atoms with Crippen molar-refractivity contribution in [2.75, 3.05) is 18.5 Å². The van der Waals surface area contributed by atoms with Crippen molar-refractivity contribution in [3.8, 4) is 28.4 Å². The van der Waals surface area contributed by atoms with Gasteiger partial charge in [-0.3, -0.25) is 4.57 Å². The van der Waals surface area contributed by atoms with Gasteiger partial charge in [0.1, 0.15) is 17.3 Å². The molecule has 0 aliphatic carbocycles. The molecule has 5 aromatic carbocycles. The van der Waals surface area contributed by atoms with E-state index in [2.05, 4.69) is 142 Å². The molecular weight excluding hydrogens is 757 g/mol. The van der Waals surface area contributed by atoms with Crippen molar-refractivity contribution in [1.29, 1.82) is 0 Å². The van der Waals surface area contributed by atoms with E-state index in [1.54, 1.807) is 6.20 Å². The van der Waals surface area contributed by atoms with E-state index in [1.807, 2.05) is 66.6 Å². The number of pyridine rings is 1. The number of aromatic nitrogens is 2. The van der Waals surface area contributed by atoms with Gasteiger partial charge in [-0.25, -0.2) is 4.98 Å². The Morgan fingerprint density at radius 2 is 1.21 bits per heavy atom. The van der Waals surface area contributed by atoms with Crippen LogP contribution in [0.1, 0.15) is 130 Å². The van der Waals surface area contributed by atoms with Crippen LogP contribution in [0.3, 0.4) is 0 Å². The third kappa shape index (κ3) is 8.27. The predicted octanol–water partition coefficient (Wildman–Crippen LogP) is 15.2. The van der Waals surface area contributed by atoms with Crippen LogP contribution in [0.25, 0.3) is 44.4 Å². The Morgan fingerprint density at radius 3 is 1.87 bits per heavy atom. The SMILES string of the molecule is [2H]C([2H])([2H])c1cc(C(C)(C)C)cc(C)c1-c1ccnc(-n2c3ccccc3c3ccc(Oc4cc(N5C=C(c6cc(C(C)(C)C)cc(C(C)(C)C)c6)N(C([2H])([2H])[2H])C5)cc(C(C)(C)C)c4)cc32)c1. The van der Waals surface area contributed by atoms with Crippen LogP contribution in [0, 0.1) is 13.8 Å². The minimum Gasteiger partial charge on any atom is -0.457 e. The lowest BCUT2D eigenvalue weighted by Crippen LogP contribution is -2.24. The molecule has 0 spiro atoms. The summed E-state index contributed by atoms with van der Waals surface area (Å²) in [7, 11) is 0. The molecule has 0 unspecified atom stereocenters. The van der Waals surface area contributed by atoms with Crippen molar-refractivity contribution in [2.45, 2.75) is 119 Å². The average Bonchev–Trinajstić information content (AvgIpc) is 3.83. The zero-order valence-corrected chi connectivity index (χ0v) is 38.9. The van der Waals surface area contributed by atoms with Gasteiger partial charge in [-0.2, -0.15) is 0 Å². The Kier molecular flexibility index (Phi) is 8.78. The molecule has 62 heavy (non-hydrogen) atoms. The van der Waals surface area contributed by atoms with Crippen LogP contribution in [0.5, 0.6) is 11.5 Å². The summed E-state index contributed by atoms with van der Waals surface area (Å²) in [5.41, 5.74) is 10.4. The Bertz CT molecular complexity index is 3080. The Hall–Kier alpha value is -5.81. The summed E-state index contributed by atoms with van der Waals surface area (Å²) in [5.74, 6) is 1.88. The number of ether oxygens (including phenoxy) is 1. The van der Waals surface area contributed by atoms with Crippen LogP contribution < -0.4 is 9.64 Å². The standard InChI is InChI=1S/C57H66N4O/c1-36-24-40(54(3,4)5)25-37(2)53(36)38-22-23-58-52(28-38)61-49-19-17-16-18-47(49)48-21-20-45(33-50(48)61)62-46-31-43(57(12,13)14)30-44(32-46)60-34-51(59(15)35-60)39-26-41(55(6,7)8)29-42(27-39)56(9,10)11/h16-34H,35H2,1-15H3/i1D3,15D3. The maximum Gasteiger partial charge on any atom is 0.138 e. The molecule has 1 aliphatic rings. The summed E-state index contributed by atoms with van der Waals surface area (Å²) >= 11 is 0. The second kappa shape index (κ2) is 15.2. The summed E-state index contributed by atoms with van der Waals surface area (Å²) in [6.07, 6.45) is 3.72. The first-order valence-corrected chi connectivity index (χ1v) is 21.8. The first-order valence-electron chi connectivity index (χ1n) is 24.8. The fourth-order valence-electron chi connectivity index (χ4n) is 8.45. The van der Waals surface area contributed by atoms with E-state index in [-0.39, 0.29) is 28.3 Å². The fourth-order valence-corrected chi connectivity index (χ4v) is 8.45. The monoisotopic (exact) mass is 829 g/mol. The van der Waals surface area contributed by atoms with Gasteiger partial charge < -0.3 is 14.5 Å². The van der Waals surface area contributed by atoms with Crippen LogP contribution in [-0.4, -0.2) is 28.1 Å². The molecule has 0 N–H and O–H groups in total. The van der Waals surface area contributed by atoms with Crippen LogP contribution >= 0.6 is 0 Å². The summed E-state index contributed by atoms with van der Waals surface area (Å²) in [6, 6.07) is 34.8. The Morgan fingerprint density at radius 1 is 0.581 bits per heavy atom. The number of anilines is 1. The lowest BCUT2D eigenvalue weighted by atomic mass is 9.79. The van der Waals surface area contributed by atoms with Gasteiger partial charge in [0.15, 0.2) is 0 Å². The van der Waals surface area contributed by atoms with Gasteiger partial charge in [0.25, 0.3) is 0 Å². The molecule has 2 aromatic heterocycles. The zero-order chi connectivity index (χ0) is 49.7. The highest BCUT2D eigenvalue weighted by molar-refractivity contribution is 6.09. The van der Waals surface area contributed by atoms with Crippen LogP contribution in [0.2, 0.25) is 0 Å². The van der Waals surface area contributed by atoms with Gasteiger partial charge in [0.05, 0.1) is 23.4 Å². The third-order valence-corrected chi connectivity index (χ3v) is 12.3. The second-order valence-corrected chi connectivity index (χ2v) is 21.3. The highest BCUT2D eigenvalue weighted by Gasteiger charge is 2.27. The van der Waals surface area contributed by atoms with Crippen molar-refractivity contribution in [3.05, 3.63) is 154 Å². The van der Waals surface area contributed by atoms with Gasteiger partial charge in [-0.15, -0.1) is 0 Å². The zero-order valence-electron chi connectivity index (χ0n) is 44.9. The number of rotatable bonds is 6. The summed E-state index contributed by atoms with van der Waals surface area (Å²) < 4.78 is 60.8. The van der Waals surface area contributed by atoms with Gasteiger partial charge in [0, 0.05) is 56.2 Å². The van der Waals surface area contributed by atoms with Crippen LogP contribution in [-0.2, 0) is 21.7 Å². The largest absolute Gasteiger partial charge is 0.457 e. The summed E-state index contributed by atoms with van der Waals surface area (Å²) in [4.78, 5) is 8.44.